The van der Waals surface area contributed by atoms with Gasteiger partial charge < -0.3 is 19.5 Å². The van der Waals surface area contributed by atoms with E-state index in [1.807, 2.05) is 55.5 Å². The van der Waals surface area contributed by atoms with Gasteiger partial charge in [0.25, 0.3) is 11.7 Å². The molecule has 2 atom stereocenters. The summed E-state index contributed by atoms with van der Waals surface area (Å²) in [6.45, 7) is 2.23. The first-order valence-corrected chi connectivity index (χ1v) is 11.2. The maximum absolute atomic E-state index is 13.3. The molecule has 1 amide bonds. The summed E-state index contributed by atoms with van der Waals surface area (Å²) in [6.07, 6.45) is 0.781. The van der Waals surface area contributed by atoms with Gasteiger partial charge in [0.15, 0.2) is 0 Å². The molecule has 5 rings (SSSR count). The second-order valence-corrected chi connectivity index (χ2v) is 8.64. The number of aliphatic hydroxyl groups is 1. The number of benzene rings is 3. The largest absolute Gasteiger partial charge is 0.507 e. The smallest absolute Gasteiger partial charge is 0.295 e. The summed E-state index contributed by atoms with van der Waals surface area (Å²) in [7, 11) is 1.58. The number of rotatable bonds is 5. The lowest BCUT2D eigenvalue weighted by Crippen LogP contribution is -2.29. The van der Waals surface area contributed by atoms with Crippen LogP contribution in [0.5, 0.6) is 11.5 Å². The zero-order valence-electron chi connectivity index (χ0n) is 19.0. The monoisotopic (exact) mass is 455 g/mol. The van der Waals surface area contributed by atoms with Crippen LogP contribution in [-0.2, 0) is 22.6 Å². The van der Waals surface area contributed by atoms with Crippen LogP contribution >= 0.6 is 0 Å². The van der Waals surface area contributed by atoms with Gasteiger partial charge in [0.1, 0.15) is 23.4 Å². The Morgan fingerprint density at radius 2 is 1.79 bits per heavy atom. The number of ether oxygens (including phenoxy) is 2. The number of hydrogen-bond acceptors (Lipinski definition) is 5. The maximum Gasteiger partial charge on any atom is 0.295 e. The number of Topliss-reactive ketones (excluding diaryl/α,β-unsaturated/α-hetero) is 1. The molecular formula is C28H25NO5. The molecule has 0 aliphatic carbocycles. The van der Waals surface area contributed by atoms with Gasteiger partial charge in [-0.15, -0.1) is 0 Å². The topological polar surface area (TPSA) is 76.1 Å². The predicted molar refractivity (Wildman–Crippen MR) is 128 cm³/mol. The molecule has 172 valence electrons. The zero-order valence-corrected chi connectivity index (χ0v) is 19.0. The second-order valence-electron chi connectivity index (χ2n) is 8.64. The molecule has 2 unspecified atom stereocenters. The van der Waals surface area contributed by atoms with Crippen molar-refractivity contribution in [3.05, 3.63) is 101 Å². The summed E-state index contributed by atoms with van der Waals surface area (Å²) in [5.41, 5.74) is 3.16. The van der Waals surface area contributed by atoms with Gasteiger partial charge in [-0.25, -0.2) is 0 Å². The molecule has 6 nitrogen and oxygen atoms in total. The Kier molecular flexibility index (Phi) is 5.57. The molecule has 1 fully saturated rings. The van der Waals surface area contributed by atoms with E-state index < -0.39 is 17.7 Å². The Morgan fingerprint density at radius 3 is 2.50 bits per heavy atom. The van der Waals surface area contributed by atoms with E-state index in [2.05, 4.69) is 0 Å². The number of hydrogen-bond donors (Lipinski definition) is 1. The molecule has 6 heteroatoms. The van der Waals surface area contributed by atoms with Crippen LogP contribution in [0.15, 0.2) is 78.4 Å². The first-order chi connectivity index (χ1) is 16.5. The fraction of sp³-hybridized carbons (Fsp3) is 0.214. The standard InChI is InChI=1S/C28H25NO5/c1-17-14-21-15-20(10-13-23(21)34-17)26(30)24-25(19-8-11-22(33-2)12-9-19)29(28(32)27(24)31)16-18-6-4-3-5-7-18/h3-13,15,17,25,30H,14,16H2,1-2H3/b26-24+. The van der Waals surface area contributed by atoms with E-state index in [1.54, 1.807) is 31.4 Å². The van der Waals surface area contributed by atoms with Crippen LogP contribution in [0.3, 0.4) is 0 Å². The number of aliphatic hydroxyl groups excluding tert-OH is 1. The minimum atomic E-state index is -0.727. The van der Waals surface area contributed by atoms with Crippen molar-refractivity contribution in [2.75, 3.05) is 7.11 Å². The quantitative estimate of drug-likeness (QED) is 0.345. The third-order valence-electron chi connectivity index (χ3n) is 6.34. The van der Waals surface area contributed by atoms with Gasteiger partial charge in [0.2, 0.25) is 0 Å². The number of carbonyl (C=O) groups is 2. The van der Waals surface area contributed by atoms with Crippen molar-refractivity contribution in [3.63, 3.8) is 0 Å². The van der Waals surface area contributed by atoms with Crippen molar-refractivity contribution >= 4 is 17.4 Å². The number of nitrogens with zero attached hydrogens (tertiary/aromatic N) is 1. The van der Waals surface area contributed by atoms with E-state index >= 15 is 0 Å². The average Bonchev–Trinajstić information content (AvgIpc) is 3.35. The van der Waals surface area contributed by atoms with Crippen molar-refractivity contribution in [3.8, 4) is 11.5 Å². The molecule has 0 spiro atoms. The molecule has 0 radical (unpaired) electrons. The summed E-state index contributed by atoms with van der Waals surface area (Å²) < 4.78 is 11.0. The molecule has 1 N–H and O–H groups in total. The molecule has 0 aromatic heterocycles. The summed E-state index contributed by atoms with van der Waals surface area (Å²) in [6, 6.07) is 21.3. The van der Waals surface area contributed by atoms with Gasteiger partial charge in [0.05, 0.1) is 18.7 Å². The number of methoxy groups -OCH3 is 1. The predicted octanol–water partition coefficient (Wildman–Crippen LogP) is 4.64. The average molecular weight is 456 g/mol. The zero-order chi connectivity index (χ0) is 23.8. The number of carbonyl (C=O) groups excluding carboxylic acids is 2. The Morgan fingerprint density at radius 1 is 1.06 bits per heavy atom. The van der Waals surface area contributed by atoms with E-state index in [0.29, 0.717) is 11.3 Å². The van der Waals surface area contributed by atoms with E-state index in [-0.39, 0.29) is 24.0 Å². The summed E-state index contributed by atoms with van der Waals surface area (Å²) in [5, 5.41) is 11.3. The summed E-state index contributed by atoms with van der Waals surface area (Å²) in [4.78, 5) is 28.0. The first kappa shape index (κ1) is 21.8. The van der Waals surface area contributed by atoms with Crippen molar-refractivity contribution < 1.29 is 24.2 Å². The fourth-order valence-corrected chi connectivity index (χ4v) is 4.68. The van der Waals surface area contributed by atoms with Crippen LogP contribution in [0.4, 0.5) is 0 Å². The van der Waals surface area contributed by atoms with Crippen LogP contribution in [0, 0.1) is 0 Å². The molecule has 2 aliphatic rings. The minimum absolute atomic E-state index is 0.0585. The van der Waals surface area contributed by atoms with Crippen molar-refractivity contribution in [1.82, 2.24) is 4.90 Å². The Hall–Kier alpha value is -4.06. The van der Waals surface area contributed by atoms with Gasteiger partial charge in [-0.3, -0.25) is 9.59 Å². The lowest BCUT2D eigenvalue weighted by atomic mass is 9.94. The first-order valence-electron chi connectivity index (χ1n) is 11.2. The van der Waals surface area contributed by atoms with Crippen LogP contribution in [-0.4, -0.2) is 34.9 Å². The molecule has 2 heterocycles. The molecule has 34 heavy (non-hydrogen) atoms. The Bertz CT molecular complexity index is 1280. The molecule has 1 saturated heterocycles. The highest BCUT2D eigenvalue weighted by molar-refractivity contribution is 6.46. The Labute approximate surface area is 198 Å². The third-order valence-corrected chi connectivity index (χ3v) is 6.34. The van der Waals surface area contributed by atoms with E-state index in [1.165, 1.54) is 4.90 Å². The molecule has 3 aromatic carbocycles. The molecule has 0 saturated carbocycles. The lowest BCUT2D eigenvalue weighted by Gasteiger charge is -2.25. The molecule has 3 aromatic rings. The number of fused-ring (bicyclic) bond motifs is 1. The lowest BCUT2D eigenvalue weighted by molar-refractivity contribution is -0.140. The molecule has 0 bridgehead atoms. The fourth-order valence-electron chi connectivity index (χ4n) is 4.68. The highest BCUT2D eigenvalue weighted by Gasteiger charge is 2.46. The van der Waals surface area contributed by atoms with Gasteiger partial charge in [-0.1, -0.05) is 42.5 Å². The van der Waals surface area contributed by atoms with Gasteiger partial charge in [-0.05, 0) is 53.9 Å². The minimum Gasteiger partial charge on any atom is -0.507 e. The third kappa shape index (κ3) is 3.81. The van der Waals surface area contributed by atoms with Crippen LogP contribution in [0.25, 0.3) is 5.76 Å². The number of likely N-dealkylation sites (tertiary alicyclic amines) is 1. The number of ketones is 1. The highest BCUT2D eigenvalue weighted by atomic mass is 16.5. The van der Waals surface area contributed by atoms with Crippen molar-refractivity contribution in [2.45, 2.75) is 32.0 Å². The van der Waals surface area contributed by atoms with E-state index in [0.717, 1.165) is 28.9 Å². The second kappa shape index (κ2) is 8.71. The summed E-state index contributed by atoms with van der Waals surface area (Å²) in [5.74, 6) is -0.0717. The Balaban J connectivity index is 1.62. The maximum atomic E-state index is 13.3. The normalized spacial score (nSPS) is 20.8. The van der Waals surface area contributed by atoms with Crippen molar-refractivity contribution in [1.29, 1.82) is 0 Å². The van der Waals surface area contributed by atoms with Crippen LogP contribution in [0.1, 0.15) is 35.2 Å². The van der Waals surface area contributed by atoms with Gasteiger partial charge >= 0.3 is 0 Å². The van der Waals surface area contributed by atoms with Gasteiger partial charge in [-0.2, -0.15) is 0 Å². The highest BCUT2D eigenvalue weighted by Crippen LogP contribution is 2.41. The summed E-state index contributed by atoms with van der Waals surface area (Å²) >= 11 is 0. The molecule has 2 aliphatic heterocycles. The van der Waals surface area contributed by atoms with Gasteiger partial charge in [0, 0.05) is 18.5 Å². The van der Waals surface area contributed by atoms with Crippen molar-refractivity contribution in [2.24, 2.45) is 0 Å². The van der Waals surface area contributed by atoms with E-state index in [4.69, 9.17) is 9.47 Å². The van der Waals surface area contributed by atoms with Crippen LogP contribution < -0.4 is 9.47 Å². The number of amides is 1. The van der Waals surface area contributed by atoms with Crippen LogP contribution in [0.2, 0.25) is 0 Å². The van der Waals surface area contributed by atoms with E-state index in [9.17, 15) is 14.7 Å². The molecular weight excluding hydrogens is 430 g/mol. The SMILES string of the molecule is COc1ccc(C2/C(=C(\O)c3ccc4c(c3)CC(C)O4)C(=O)C(=O)N2Cc2ccccc2)cc1.